The molecule has 0 bridgehead atoms. The van der Waals surface area contributed by atoms with Crippen LogP contribution in [-0.4, -0.2) is 13.2 Å². The fourth-order valence-corrected chi connectivity index (χ4v) is 2.09. The van der Waals surface area contributed by atoms with Crippen LogP contribution in [0.2, 0.25) is 5.02 Å². The van der Waals surface area contributed by atoms with Gasteiger partial charge in [0.2, 0.25) is 0 Å². The Morgan fingerprint density at radius 1 is 1.41 bits per heavy atom. The Morgan fingerprint density at radius 3 is 2.71 bits per heavy atom. The molecule has 0 amide bonds. The van der Waals surface area contributed by atoms with Crippen molar-refractivity contribution >= 4 is 11.6 Å². The molecule has 3 heteroatoms. The van der Waals surface area contributed by atoms with Crippen LogP contribution in [0, 0.1) is 12.8 Å². The molecule has 1 atom stereocenters. The SMILES string of the molecule is CCOc1cc(C)c(Cl)cc1CC(C)CCN. The third-order valence-electron chi connectivity index (χ3n) is 2.87. The highest BCUT2D eigenvalue weighted by molar-refractivity contribution is 6.31. The Morgan fingerprint density at radius 2 is 2.12 bits per heavy atom. The predicted octanol–water partition coefficient (Wildman–Crippen LogP) is 3.57. The lowest BCUT2D eigenvalue weighted by molar-refractivity contribution is 0.334. The van der Waals surface area contributed by atoms with Crippen LogP contribution in [0.15, 0.2) is 12.1 Å². The van der Waals surface area contributed by atoms with E-state index in [4.69, 9.17) is 22.1 Å². The molecule has 2 N–H and O–H groups in total. The van der Waals surface area contributed by atoms with Gasteiger partial charge in [-0.25, -0.2) is 0 Å². The lowest BCUT2D eigenvalue weighted by Crippen LogP contribution is -2.09. The molecule has 0 aliphatic heterocycles. The Labute approximate surface area is 109 Å². The molecule has 0 aromatic heterocycles. The summed E-state index contributed by atoms with van der Waals surface area (Å²) in [5.41, 5.74) is 7.82. The van der Waals surface area contributed by atoms with Crippen LogP contribution in [0.4, 0.5) is 0 Å². The van der Waals surface area contributed by atoms with E-state index in [2.05, 4.69) is 6.92 Å². The van der Waals surface area contributed by atoms with Gasteiger partial charge in [0, 0.05) is 5.02 Å². The molecule has 1 aromatic rings. The van der Waals surface area contributed by atoms with Gasteiger partial charge < -0.3 is 10.5 Å². The molecule has 0 aliphatic carbocycles. The summed E-state index contributed by atoms with van der Waals surface area (Å²) >= 11 is 6.17. The van der Waals surface area contributed by atoms with Gasteiger partial charge in [-0.15, -0.1) is 0 Å². The van der Waals surface area contributed by atoms with Gasteiger partial charge >= 0.3 is 0 Å². The van der Waals surface area contributed by atoms with E-state index in [1.807, 2.05) is 26.0 Å². The number of aryl methyl sites for hydroxylation is 1. The maximum atomic E-state index is 6.17. The second kappa shape index (κ2) is 6.87. The molecule has 1 rings (SSSR count). The van der Waals surface area contributed by atoms with Crippen LogP contribution < -0.4 is 10.5 Å². The van der Waals surface area contributed by atoms with Crippen molar-refractivity contribution in [1.82, 2.24) is 0 Å². The molecule has 1 unspecified atom stereocenters. The van der Waals surface area contributed by atoms with Crippen LogP contribution >= 0.6 is 11.6 Å². The molecule has 0 radical (unpaired) electrons. The van der Waals surface area contributed by atoms with Crippen molar-refractivity contribution in [2.75, 3.05) is 13.2 Å². The van der Waals surface area contributed by atoms with E-state index >= 15 is 0 Å². The third-order valence-corrected chi connectivity index (χ3v) is 3.28. The van der Waals surface area contributed by atoms with Gasteiger partial charge in [0.1, 0.15) is 5.75 Å². The zero-order chi connectivity index (χ0) is 12.8. The van der Waals surface area contributed by atoms with E-state index in [9.17, 15) is 0 Å². The minimum atomic E-state index is 0.554. The molecule has 0 saturated heterocycles. The topological polar surface area (TPSA) is 35.2 Å². The van der Waals surface area contributed by atoms with Crippen LogP contribution in [0.3, 0.4) is 0 Å². The van der Waals surface area contributed by atoms with E-state index in [0.717, 1.165) is 35.7 Å². The van der Waals surface area contributed by atoms with E-state index < -0.39 is 0 Å². The van der Waals surface area contributed by atoms with Crippen molar-refractivity contribution in [2.24, 2.45) is 11.7 Å². The second-order valence-electron chi connectivity index (χ2n) is 4.53. The first kappa shape index (κ1) is 14.3. The van der Waals surface area contributed by atoms with Crippen LogP contribution in [-0.2, 0) is 6.42 Å². The van der Waals surface area contributed by atoms with E-state index in [-0.39, 0.29) is 0 Å². The predicted molar refractivity (Wildman–Crippen MR) is 73.9 cm³/mol. The van der Waals surface area contributed by atoms with Gasteiger partial charge in [-0.2, -0.15) is 0 Å². The van der Waals surface area contributed by atoms with Gasteiger partial charge in [-0.3, -0.25) is 0 Å². The summed E-state index contributed by atoms with van der Waals surface area (Å²) < 4.78 is 5.66. The van der Waals surface area contributed by atoms with Gasteiger partial charge in [0.25, 0.3) is 0 Å². The largest absolute Gasteiger partial charge is 0.494 e. The molecule has 0 saturated carbocycles. The molecular formula is C14H22ClNO. The number of rotatable bonds is 6. The van der Waals surface area contributed by atoms with Crippen molar-refractivity contribution in [3.63, 3.8) is 0 Å². The van der Waals surface area contributed by atoms with Gasteiger partial charge in [0.15, 0.2) is 0 Å². The van der Waals surface area contributed by atoms with Crippen molar-refractivity contribution in [3.05, 3.63) is 28.3 Å². The summed E-state index contributed by atoms with van der Waals surface area (Å²) in [5, 5.41) is 0.809. The highest BCUT2D eigenvalue weighted by atomic mass is 35.5. The number of nitrogens with two attached hydrogens (primary N) is 1. The molecule has 1 aromatic carbocycles. The van der Waals surface area contributed by atoms with E-state index in [1.165, 1.54) is 5.56 Å². The molecule has 0 fully saturated rings. The summed E-state index contributed by atoms with van der Waals surface area (Å²) in [7, 11) is 0. The van der Waals surface area contributed by atoms with Crippen molar-refractivity contribution in [3.8, 4) is 5.75 Å². The Balaban J connectivity index is 2.91. The lowest BCUT2D eigenvalue weighted by atomic mass is 9.96. The highest BCUT2D eigenvalue weighted by Crippen LogP contribution is 2.29. The minimum Gasteiger partial charge on any atom is -0.494 e. The number of benzene rings is 1. The fourth-order valence-electron chi connectivity index (χ4n) is 1.91. The number of ether oxygens (including phenoxy) is 1. The fraction of sp³-hybridized carbons (Fsp3) is 0.571. The average Bonchev–Trinajstić information content (AvgIpc) is 2.26. The summed E-state index contributed by atoms with van der Waals surface area (Å²) in [5.74, 6) is 1.51. The normalized spacial score (nSPS) is 12.5. The third kappa shape index (κ3) is 4.21. The Kier molecular flexibility index (Phi) is 5.79. The van der Waals surface area contributed by atoms with Crippen LogP contribution in [0.25, 0.3) is 0 Å². The summed E-state index contributed by atoms with van der Waals surface area (Å²) in [6.07, 6.45) is 1.99. The lowest BCUT2D eigenvalue weighted by Gasteiger charge is -2.16. The summed E-state index contributed by atoms with van der Waals surface area (Å²) in [6, 6.07) is 4.05. The summed E-state index contributed by atoms with van der Waals surface area (Å²) in [6.45, 7) is 7.61. The van der Waals surface area contributed by atoms with Crippen LogP contribution in [0.1, 0.15) is 31.4 Å². The molecule has 17 heavy (non-hydrogen) atoms. The number of hydrogen-bond acceptors (Lipinski definition) is 2. The molecule has 0 spiro atoms. The second-order valence-corrected chi connectivity index (χ2v) is 4.94. The maximum Gasteiger partial charge on any atom is 0.122 e. The molecule has 0 heterocycles. The first-order chi connectivity index (χ1) is 8.08. The molecule has 2 nitrogen and oxygen atoms in total. The zero-order valence-corrected chi connectivity index (χ0v) is 11.7. The van der Waals surface area contributed by atoms with Crippen LogP contribution in [0.5, 0.6) is 5.75 Å². The monoisotopic (exact) mass is 255 g/mol. The first-order valence-corrected chi connectivity index (χ1v) is 6.58. The number of halogens is 1. The maximum absolute atomic E-state index is 6.17. The number of hydrogen-bond donors (Lipinski definition) is 1. The molecule has 0 aliphatic rings. The molecule has 96 valence electrons. The Hall–Kier alpha value is -0.730. The van der Waals surface area contributed by atoms with Gasteiger partial charge in [-0.05, 0) is 62.4 Å². The van der Waals surface area contributed by atoms with Gasteiger partial charge in [-0.1, -0.05) is 18.5 Å². The van der Waals surface area contributed by atoms with E-state index in [0.29, 0.717) is 12.5 Å². The van der Waals surface area contributed by atoms with Crippen molar-refractivity contribution in [2.45, 2.75) is 33.6 Å². The average molecular weight is 256 g/mol. The minimum absolute atomic E-state index is 0.554. The smallest absolute Gasteiger partial charge is 0.122 e. The molecular weight excluding hydrogens is 234 g/mol. The standard InChI is InChI=1S/C14H22ClNO/c1-4-17-14-8-11(3)13(15)9-12(14)7-10(2)5-6-16/h8-10H,4-7,16H2,1-3H3. The Bertz CT molecular complexity index is 365. The first-order valence-electron chi connectivity index (χ1n) is 6.20. The zero-order valence-electron chi connectivity index (χ0n) is 10.9. The van der Waals surface area contributed by atoms with Gasteiger partial charge in [0.05, 0.1) is 6.61 Å². The van der Waals surface area contributed by atoms with E-state index in [1.54, 1.807) is 0 Å². The quantitative estimate of drug-likeness (QED) is 0.843. The van der Waals surface area contributed by atoms with Crippen molar-refractivity contribution < 1.29 is 4.74 Å². The van der Waals surface area contributed by atoms with Crippen molar-refractivity contribution in [1.29, 1.82) is 0 Å². The highest BCUT2D eigenvalue weighted by Gasteiger charge is 2.11. The summed E-state index contributed by atoms with van der Waals surface area (Å²) in [4.78, 5) is 0.